The van der Waals surface area contributed by atoms with Gasteiger partial charge in [0, 0.05) is 7.05 Å². The summed E-state index contributed by atoms with van der Waals surface area (Å²) in [5.41, 5.74) is 7.65. The third kappa shape index (κ3) is 2.42. The summed E-state index contributed by atoms with van der Waals surface area (Å²) in [5.74, 6) is 1.20. The fourth-order valence-corrected chi connectivity index (χ4v) is 1.93. The quantitative estimate of drug-likeness (QED) is 0.854. The van der Waals surface area contributed by atoms with E-state index < -0.39 is 0 Å². The van der Waals surface area contributed by atoms with Crippen molar-refractivity contribution >= 4 is 11.6 Å². The van der Waals surface area contributed by atoms with E-state index >= 15 is 0 Å². The van der Waals surface area contributed by atoms with Crippen LogP contribution in [0.5, 0.6) is 5.75 Å². The number of ether oxygens (including phenoxy) is 1. The van der Waals surface area contributed by atoms with Gasteiger partial charge in [0.1, 0.15) is 5.75 Å². The molecule has 1 atom stereocenters. The third-order valence-electron chi connectivity index (χ3n) is 3.10. The van der Waals surface area contributed by atoms with Crippen molar-refractivity contribution in [2.45, 2.75) is 13.3 Å². The Bertz CT molecular complexity index is 431. The second-order valence-electron chi connectivity index (χ2n) is 4.59. The van der Waals surface area contributed by atoms with Gasteiger partial charge in [0.2, 0.25) is 0 Å². The third-order valence-corrected chi connectivity index (χ3v) is 3.10. The molecule has 92 valence electrons. The number of likely N-dealkylation sites (N-methyl/N-ethyl adjacent to an activating group) is 1. The van der Waals surface area contributed by atoms with Gasteiger partial charge in [-0.2, -0.15) is 0 Å². The Balaban J connectivity index is 2.26. The first kappa shape index (κ1) is 11.9. The Morgan fingerprint density at radius 3 is 3.00 bits per heavy atom. The summed E-state index contributed by atoms with van der Waals surface area (Å²) in [6.45, 7) is 2.91. The van der Waals surface area contributed by atoms with Crippen LogP contribution in [-0.2, 0) is 11.2 Å². The summed E-state index contributed by atoms with van der Waals surface area (Å²) in [7, 11) is 1.78. The number of rotatable bonds is 3. The van der Waals surface area contributed by atoms with Crippen molar-refractivity contribution in [2.24, 2.45) is 11.7 Å². The van der Waals surface area contributed by atoms with Gasteiger partial charge in [0.25, 0.3) is 5.91 Å². The van der Waals surface area contributed by atoms with E-state index in [-0.39, 0.29) is 12.5 Å². The Morgan fingerprint density at radius 1 is 1.53 bits per heavy atom. The number of benzene rings is 1. The molecule has 1 aliphatic heterocycles. The molecule has 0 aromatic heterocycles. The zero-order valence-electron chi connectivity index (χ0n) is 10.3. The highest BCUT2D eigenvalue weighted by molar-refractivity contribution is 5.97. The largest absolute Gasteiger partial charge is 0.482 e. The van der Waals surface area contributed by atoms with Crippen molar-refractivity contribution in [3.63, 3.8) is 0 Å². The molecule has 1 aromatic rings. The summed E-state index contributed by atoms with van der Waals surface area (Å²) in [6, 6.07) is 5.98. The summed E-state index contributed by atoms with van der Waals surface area (Å²) in [4.78, 5) is 13.2. The van der Waals surface area contributed by atoms with E-state index in [4.69, 9.17) is 10.5 Å². The lowest BCUT2D eigenvalue weighted by Crippen LogP contribution is -2.35. The van der Waals surface area contributed by atoms with Crippen LogP contribution in [0.25, 0.3) is 0 Å². The molecular weight excluding hydrogens is 216 g/mol. The van der Waals surface area contributed by atoms with Crippen LogP contribution in [0.4, 0.5) is 5.69 Å². The first-order valence-corrected chi connectivity index (χ1v) is 5.84. The number of nitrogens with two attached hydrogens (primary N) is 1. The highest BCUT2D eigenvalue weighted by atomic mass is 16.5. The van der Waals surface area contributed by atoms with Crippen LogP contribution >= 0.6 is 0 Å². The van der Waals surface area contributed by atoms with Crippen LogP contribution in [-0.4, -0.2) is 26.1 Å². The first-order chi connectivity index (χ1) is 8.11. The second-order valence-corrected chi connectivity index (χ2v) is 4.59. The molecule has 2 N–H and O–H groups in total. The van der Waals surface area contributed by atoms with Gasteiger partial charge >= 0.3 is 0 Å². The number of amides is 1. The molecule has 2 rings (SSSR count). The molecule has 1 aromatic carbocycles. The molecule has 0 aliphatic carbocycles. The zero-order valence-corrected chi connectivity index (χ0v) is 10.3. The lowest BCUT2D eigenvalue weighted by Gasteiger charge is -2.26. The molecular formula is C13H18N2O2. The number of fused-ring (bicyclic) bond motifs is 1. The van der Waals surface area contributed by atoms with Gasteiger partial charge in [0.05, 0.1) is 5.69 Å². The van der Waals surface area contributed by atoms with E-state index in [0.717, 1.165) is 17.9 Å². The van der Waals surface area contributed by atoms with E-state index in [0.29, 0.717) is 12.5 Å². The first-order valence-electron chi connectivity index (χ1n) is 5.84. The molecule has 0 saturated heterocycles. The van der Waals surface area contributed by atoms with E-state index in [1.807, 2.05) is 18.2 Å². The minimum absolute atomic E-state index is 0.0125. The zero-order chi connectivity index (χ0) is 12.4. The molecule has 4 nitrogen and oxygen atoms in total. The maximum atomic E-state index is 11.5. The highest BCUT2D eigenvalue weighted by Crippen LogP contribution is 2.32. The van der Waals surface area contributed by atoms with Crippen LogP contribution in [0.2, 0.25) is 0 Å². The Kier molecular flexibility index (Phi) is 3.33. The topological polar surface area (TPSA) is 55.6 Å². The second kappa shape index (κ2) is 4.75. The minimum atomic E-state index is -0.0125. The van der Waals surface area contributed by atoms with Crippen molar-refractivity contribution in [2.75, 3.05) is 25.1 Å². The van der Waals surface area contributed by atoms with E-state index in [1.54, 1.807) is 11.9 Å². The predicted molar refractivity (Wildman–Crippen MR) is 67.3 cm³/mol. The molecule has 1 aliphatic rings. The standard InChI is InChI=1S/C13H18N2O2/c1-9(7-14)5-10-3-4-12-11(6-10)15(2)13(16)8-17-12/h3-4,6,9H,5,7-8,14H2,1-2H3. The molecule has 0 fully saturated rings. The van der Waals surface area contributed by atoms with Gasteiger partial charge in [0.15, 0.2) is 6.61 Å². The predicted octanol–water partition coefficient (Wildman–Crippen LogP) is 1.18. The van der Waals surface area contributed by atoms with E-state index in [1.165, 1.54) is 5.56 Å². The van der Waals surface area contributed by atoms with Gasteiger partial charge in [-0.25, -0.2) is 0 Å². The van der Waals surface area contributed by atoms with E-state index in [9.17, 15) is 4.79 Å². The molecule has 1 heterocycles. The van der Waals surface area contributed by atoms with Crippen molar-refractivity contribution in [1.29, 1.82) is 0 Å². The summed E-state index contributed by atoms with van der Waals surface area (Å²) in [5, 5.41) is 0. The SMILES string of the molecule is CC(CN)Cc1ccc2c(c1)N(C)C(=O)CO2. The van der Waals surface area contributed by atoms with Crippen LogP contribution in [0.15, 0.2) is 18.2 Å². The molecule has 1 unspecified atom stereocenters. The fourth-order valence-electron chi connectivity index (χ4n) is 1.93. The number of hydrogen-bond donors (Lipinski definition) is 1. The van der Waals surface area contributed by atoms with Gasteiger partial charge in [-0.1, -0.05) is 13.0 Å². The lowest BCUT2D eigenvalue weighted by atomic mass is 10.0. The normalized spacial score (nSPS) is 16.4. The van der Waals surface area contributed by atoms with Gasteiger partial charge in [-0.15, -0.1) is 0 Å². The van der Waals surface area contributed by atoms with Crippen LogP contribution in [0, 0.1) is 5.92 Å². The maximum absolute atomic E-state index is 11.5. The van der Waals surface area contributed by atoms with Crippen molar-refractivity contribution in [3.05, 3.63) is 23.8 Å². The monoisotopic (exact) mass is 234 g/mol. The molecule has 4 heteroatoms. The van der Waals surface area contributed by atoms with Crippen LogP contribution < -0.4 is 15.4 Å². The summed E-state index contributed by atoms with van der Waals surface area (Å²) >= 11 is 0. The van der Waals surface area contributed by atoms with E-state index in [2.05, 4.69) is 6.92 Å². The minimum Gasteiger partial charge on any atom is -0.482 e. The number of anilines is 1. The molecule has 1 amide bonds. The Labute approximate surface area is 101 Å². The lowest BCUT2D eigenvalue weighted by molar-refractivity contribution is -0.120. The van der Waals surface area contributed by atoms with Crippen molar-refractivity contribution in [1.82, 2.24) is 0 Å². The maximum Gasteiger partial charge on any atom is 0.264 e. The van der Waals surface area contributed by atoms with Crippen molar-refractivity contribution in [3.8, 4) is 5.75 Å². The number of carbonyl (C=O) groups excluding carboxylic acids is 1. The van der Waals surface area contributed by atoms with Gasteiger partial charge < -0.3 is 15.4 Å². The molecule has 0 spiro atoms. The number of nitrogens with zero attached hydrogens (tertiary/aromatic N) is 1. The number of carbonyl (C=O) groups is 1. The highest BCUT2D eigenvalue weighted by Gasteiger charge is 2.22. The molecule has 0 bridgehead atoms. The molecule has 0 radical (unpaired) electrons. The summed E-state index contributed by atoms with van der Waals surface area (Å²) in [6.07, 6.45) is 0.922. The smallest absolute Gasteiger partial charge is 0.264 e. The van der Waals surface area contributed by atoms with Crippen LogP contribution in [0.1, 0.15) is 12.5 Å². The van der Waals surface area contributed by atoms with Gasteiger partial charge in [-0.05, 0) is 36.6 Å². The molecule has 17 heavy (non-hydrogen) atoms. The summed E-state index contributed by atoms with van der Waals surface area (Å²) < 4.78 is 5.38. The average Bonchev–Trinajstić information content (AvgIpc) is 2.34. The number of hydrogen-bond acceptors (Lipinski definition) is 3. The Morgan fingerprint density at radius 2 is 2.29 bits per heavy atom. The van der Waals surface area contributed by atoms with Gasteiger partial charge in [-0.3, -0.25) is 4.79 Å². The molecule has 0 saturated carbocycles. The van der Waals surface area contributed by atoms with Crippen LogP contribution in [0.3, 0.4) is 0 Å². The Hall–Kier alpha value is -1.55. The average molecular weight is 234 g/mol. The van der Waals surface area contributed by atoms with Crippen molar-refractivity contribution < 1.29 is 9.53 Å². The fraction of sp³-hybridized carbons (Fsp3) is 0.462.